The molecule has 4 rings (SSSR count). The van der Waals surface area contributed by atoms with E-state index in [0.717, 1.165) is 49.9 Å². The van der Waals surface area contributed by atoms with Gasteiger partial charge in [-0.3, -0.25) is 9.58 Å². The van der Waals surface area contributed by atoms with E-state index in [1.54, 1.807) is 0 Å². The largest absolute Gasteiger partial charge is 0.462 e. The Hall–Kier alpha value is -1.59. The number of nitrogens with zero attached hydrogens (tertiary/aromatic N) is 3. The van der Waals surface area contributed by atoms with Crippen LogP contribution in [0.1, 0.15) is 54.3 Å². The summed E-state index contributed by atoms with van der Waals surface area (Å²) in [4.78, 5) is 2.41. The van der Waals surface area contributed by atoms with Crippen LogP contribution < -0.4 is 0 Å². The first-order valence-corrected chi connectivity index (χ1v) is 8.64. The van der Waals surface area contributed by atoms with Crippen LogP contribution in [0.4, 0.5) is 0 Å². The Morgan fingerprint density at radius 1 is 1.22 bits per heavy atom. The lowest BCUT2D eigenvalue weighted by molar-refractivity contribution is 0.0000922. The third-order valence-corrected chi connectivity index (χ3v) is 4.89. The van der Waals surface area contributed by atoms with Crippen LogP contribution in [0.25, 0.3) is 0 Å². The first-order valence-electron chi connectivity index (χ1n) is 8.64. The van der Waals surface area contributed by atoms with Crippen molar-refractivity contribution in [3.63, 3.8) is 0 Å². The van der Waals surface area contributed by atoms with Crippen LogP contribution in [0.3, 0.4) is 0 Å². The molecule has 5 nitrogen and oxygen atoms in total. The number of aryl methyl sites for hydroxylation is 2. The predicted molar refractivity (Wildman–Crippen MR) is 87.3 cm³/mol. The van der Waals surface area contributed by atoms with E-state index in [9.17, 15) is 0 Å². The van der Waals surface area contributed by atoms with Gasteiger partial charge in [-0.1, -0.05) is 0 Å². The average molecular weight is 315 g/mol. The van der Waals surface area contributed by atoms with Crippen molar-refractivity contribution in [3.8, 4) is 0 Å². The molecular formula is C18H25N3O2. The molecule has 0 aliphatic carbocycles. The Labute approximate surface area is 137 Å². The maximum atomic E-state index is 6.01. The number of hydrogen-bond acceptors (Lipinski definition) is 4. The van der Waals surface area contributed by atoms with Crippen LogP contribution in [0.15, 0.2) is 22.6 Å². The van der Waals surface area contributed by atoms with Gasteiger partial charge in [-0.2, -0.15) is 5.10 Å². The van der Waals surface area contributed by atoms with Gasteiger partial charge in [0.2, 0.25) is 0 Å². The van der Waals surface area contributed by atoms with Crippen molar-refractivity contribution in [2.24, 2.45) is 0 Å². The normalized spacial score (nSPS) is 23.1. The molecule has 1 atom stereocenters. The van der Waals surface area contributed by atoms with E-state index in [-0.39, 0.29) is 6.10 Å². The maximum Gasteiger partial charge on any atom is 0.133 e. The topological polar surface area (TPSA) is 43.4 Å². The van der Waals surface area contributed by atoms with Crippen LogP contribution in [-0.4, -0.2) is 34.4 Å². The Balaban J connectivity index is 1.32. The second-order valence-corrected chi connectivity index (χ2v) is 6.88. The molecule has 0 saturated carbocycles. The van der Waals surface area contributed by atoms with Crippen molar-refractivity contribution in [3.05, 3.63) is 41.1 Å². The highest BCUT2D eigenvalue weighted by Gasteiger charge is 2.30. The van der Waals surface area contributed by atoms with E-state index in [1.165, 1.54) is 18.5 Å². The number of likely N-dealkylation sites (tertiary alicyclic amines) is 1. The molecule has 23 heavy (non-hydrogen) atoms. The zero-order valence-corrected chi connectivity index (χ0v) is 14.0. The fourth-order valence-electron chi connectivity index (χ4n) is 3.68. The minimum Gasteiger partial charge on any atom is -0.462 e. The van der Waals surface area contributed by atoms with E-state index in [1.807, 2.05) is 0 Å². The highest BCUT2D eigenvalue weighted by atomic mass is 16.5. The van der Waals surface area contributed by atoms with Gasteiger partial charge in [0.25, 0.3) is 0 Å². The molecular weight excluding hydrogens is 290 g/mol. The van der Waals surface area contributed by atoms with Crippen LogP contribution in [0.5, 0.6) is 0 Å². The summed E-state index contributed by atoms with van der Waals surface area (Å²) in [6.07, 6.45) is 3.65. The average Bonchev–Trinajstić information content (AvgIpc) is 3.10. The summed E-state index contributed by atoms with van der Waals surface area (Å²) in [6, 6.07) is 6.83. The molecule has 0 unspecified atom stereocenters. The van der Waals surface area contributed by atoms with Gasteiger partial charge >= 0.3 is 0 Å². The van der Waals surface area contributed by atoms with Crippen molar-refractivity contribution < 1.29 is 9.15 Å². The second kappa shape index (κ2) is 6.13. The van der Waals surface area contributed by atoms with Gasteiger partial charge in [0.05, 0.1) is 18.3 Å². The lowest BCUT2D eigenvalue weighted by Crippen LogP contribution is -2.47. The Bertz CT molecular complexity index is 664. The van der Waals surface area contributed by atoms with Crippen LogP contribution in [-0.2, 0) is 11.3 Å². The number of furan rings is 1. The Kier molecular flexibility index (Phi) is 3.99. The summed E-state index contributed by atoms with van der Waals surface area (Å²) in [7, 11) is 0. The minimum atomic E-state index is 0.163. The SMILES string of the molecule is Cc1cc(C)n(C2CN(Cc3ccc([C@@H]4CCCCO4)o3)C2)n1. The maximum absolute atomic E-state index is 6.01. The molecule has 5 heteroatoms. The van der Waals surface area contributed by atoms with Gasteiger partial charge in [0.1, 0.15) is 17.6 Å². The second-order valence-electron chi connectivity index (χ2n) is 6.88. The molecule has 0 spiro atoms. The van der Waals surface area contributed by atoms with Gasteiger partial charge in [-0.15, -0.1) is 0 Å². The zero-order valence-electron chi connectivity index (χ0n) is 14.0. The van der Waals surface area contributed by atoms with E-state index < -0.39 is 0 Å². The van der Waals surface area contributed by atoms with Crippen LogP contribution in [0.2, 0.25) is 0 Å². The molecule has 0 amide bonds. The molecule has 2 fully saturated rings. The Morgan fingerprint density at radius 2 is 2.09 bits per heavy atom. The molecule has 2 aromatic rings. The van der Waals surface area contributed by atoms with Gasteiger partial charge in [-0.05, 0) is 51.3 Å². The summed E-state index contributed by atoms with van der Waals surface area (Å²) >= 11 is 0. The lowest BCUT2D eigenvalue weighted by Gasteiger charge is -2.39. The van der Waals surface area contributed by atoms with E-state index >= 15 is 0 Å². The van der Waals surface area contributed by atoms with E-state index in [0.29, 0.717) is 6.04 Å². The summed E-state index contributed by atoms with van der Waals surface area (Å²) in [6.45, 7) is 8.00. The molecule has 4 heterocycles. The van der Waals surface area contributed by atoms with Crippen molar-refractivity contribution in [1.29, 1.82) is 0 Å². The fourth-order valence-corrected chi connectivity index (χ4v) is 3.68. The fraction of sp³-hybridized carbons (Fsp3) is 0.611. The molecule has 2 aliphatic rings. The van der Waals surface area contributed by atoms with Crippen molar-refractivity contribution in [2.75, 3.05) is 19.7 Å². The molecule has 0 N–H and O–H groups in total. The molecule has 2 aliphatic heterocycles. The highest BCUT2D eigenvalue weighted by Crippen LogP contribution is 2.30. The predicted octanol–water partition coefficient (Wildman–Crippen LogP) is 3.39. The minimum absolute atomic E-state index is 0.163. The number of aromatic nitrogens is 2. The van der Waals surface area contributed by atoms with Gasteiger partial charge in [-0.25, -0.2) is 0 Å². The standard InChI is InChI=1S/C18H25N3O2/c1-13-9-14(2)21(19-13)15-10-20(11-15)12-16-6-7-18(23-16)17-5-3-4-8-22-17/h6-7,9,15,17H,3-5,8,10-12H2,1-2H3/t17-/m0/s1. The molecule has 124 valence electrons. The summed E-state index contributed by atoms with van der Waals surface area (Å²) in [5.41, 5.74) is 2.35. The summed E-state index contributed by atoms with van der Waals surface area (Å²) in [5.74, 6) is 2.04. The van der Waals surface area contributed by atoms with E-state index in [2.05, 4.69) is 46.7 Å². The smallest absolute Gasteiger partial charge is 0.133 e. The van der Waals surface area contributed by atoms with Crippen LogP contribution in [0, 0.1) is 13.8 Å². The zero-order chi connectivity index (χ0) is 15.8. The third-order valence-electron chi connectivity index (χ3n) is 4.89. The van der Waals surface area contributed by atoms with Crippen molar-refractivity contribution >= 4 is 0 Å². The van der Waals surface area contributed by atoms with Gasteiger partial charge in [0.15, 0.2) is 0 Å². The van der Waals surface area contributed by atoms with E-state index in [4.69, 9.17) is 9.15 Å². The van der Waals surface area contributed by atoms with Gasteiger partial charge < -0.3 is 9.15 Å². The molecule has 2 saturated heterocycles. The summed E-state index contributed by atoms with van der Waals surface area (Å²) in [5, 5.41) is 4.59. The first-order chi connectivity index (χ1) is 11.2. The number of ether oxygens (including phenoxy) is 1. The number of hydrogen-bond donors (Lipinski definition) is 0. The molecule has 0 bridgehead atoms. The summed E-state index contributed by atoms with van der Waals surface area (Å²) < 4.78 is 14.0. The molecule has 0 radical (unpaired) electrons. The molecule has 2 aromatic heterocycles. The quantitative estimate of drug-likeness (QED) is 0.867. The van der Waals surface area contributed by atoms with Crippen molar-refractivity contribution in [1.82, 2.24) is 14.7 Å². The monoisotopic (exact) mass is 315 g/mol. The highest BCUT2D eigenvalue weighted by molar-refractivity contribution is 5.12. The van der Waals surface area contributed by atoms with Crippen LogP contribution >= 0.6 is 0 Å². The molecule has 0 aromatic carbocycles. The number of rotatable bonds is 4. The van der Waals surface area contributed by atoms with Gasteiger partial charge in [0, 0.05) is 25.4 Å². The lowest BCUT2D eigenvalue weighted by atomic mass is 10.1. The van der Waals surface area contributed by atoms with Crippen molar-refractivity contribution in [2.45, 2.75) is 51.8 Å². The third kappa shape index (κ3) is 3.08. The Morgan fingerprint density at radius 3 is 2.78 bits per heavy atom. The first kappa shape index (κ1) is 15.0.